The topological polar surface area (TPSA) is 85.3 Å². The summed E-state index contributed by atoms with van der Waals surface area (Å²) in [5.41, 5.74) is -0.976. The van der Waals surface area contributed by atoms with Crippen LogP contribution < -0.4 is 0 Å². The monoisotopic (exact) mass is 271 g/mol. The number of carbonyl (C=O) groups excluding carboxylic acids is 2. The number of fused-ring (bicyclic) bond motifs is 1. The molecule has 19 heavy (non-hydrogen) atoms. The molecular weight excluding hydrogens is 254 g/mol. The second-order valence-electron chi connectivity index (χ2n) is 5.16. The standard InChI is InChI=1S/C12H17NO6/c14-3-4-17-10(16)11-2-1-9(15)13(11)8-12(7-11)18-5-6-19-12/h14H,1-8H2. The Morgan fingerprint density at radius 3 is 2.84 bits per heavy atom. The molecule has 7 nitrogen and oxygen atoms in total. The largest absolute Gasteiger partial charge is 0.461 e. The number of aliphatic hydroxyl groups is 1. The maximum Gasteiger partial charge on any atom is 0.332 e. The number of hydrogen-bond acceptors (Lipinski definition) is 6. The molecule has 0 saturated carbocycles. The summed E-state index contributed by atoms with van der Waals surface area (Å²) in [5.74, 6) is -1.39. The van der Waals surface area contributed by atoms with E-state index in [1.165, 1.54) is 4.90 Å². The van der Waals surface area contributed by atoms with Crippen molar-refractivity contribution in [2.45, 2.75) is 30.6 Å². The summed E-state index contributed by atoms with van der Waals surface area (Å²) in [5, 5.41) is 8.75. The minimum atomic E-state index is -0.976. The van der Waals surface area contributed by atoms with Gasteiger partial charge in [0.2, 0.25) is 5.91 Å². The average Bonchev–Trinajstić information content (AvgIpc) is 3.06. The number of rotatable bonds is 3. The fraction of sp³-hybridized carbons (Fsp3) is 0.833. The van der Waals surface area contributed by atoms with Gasteiger partial charge in [0, 0.05) is 12.8 Å². The van der Waals surface area contributed by atoms with E-state index in [1.807, 2.05) is 0 Å². The van der Waals surface area contributed by atoms with Gasteiger partial charge in [-0.25, -0.2) is 4.79 Å². The molecule has 3 fully saturated rings. The predicted octanol–water partition coefficient (Wildman–Crippen LogP) is -0.970. The molecule has 3 rings (SSSR count). The van der Waals surface area contributed by atoms with Crippen LogP contribution in [-0.4, -0.2) is 66.2 Å². The summed E-state index contributed by atoms with van der Waals surface area (Å²) >= 11 is 0. The van der Waals surface area contributed by atoms with E-state index >= 15 is 0 Å². The lowest BCUT2D eigenvalue weighted by molar-refractivity contribution is -0.162. The predicted molar refractivity (Wildman–Crippen MR) is 61.0 cm³/mol. The maximum atomic E-state index is 12.3. The Bertz CT molecular complexity index is 405. The van der Waals surface area contributed by atoms with Crippen molar-refractivity contribution in [2.24, 2.45) is 0 Å². The van der Waals surface area contributed by atoms with Crippen LogP contribution in [0.3, 0.4) is 0 Å². The van der Waals surface area contributed by atoms with Gasteiger partial charge in [-0.05, 0) is 6.42 Å². The summed E-state index contributed by atoms with van der Waals surface area (Å²) < 4.78 is 16.2. The molecule has 0 bridgehead atoms. The number of amides is 1. The molecule has 3 heterocycles. The van der Waals surface area contributed by atoms with Crippen molar-refractivity contribution in [3.63, 3.8) is 0 Å². The Kier molecular flexibility index (Phi) is 2.99. The van der Waals surface area contributed by atoms with Crippen LogP contribution >= 0.6 is 0 Å². The molecule has 1 amide bonds. The normalized spacial score (nSPS) is 32.1. The first-order valence-corrected chi connectivity index (χ1v) is 6.48. The number of nitrogens with zero attached hydrogens (tertiary/aromatic N) is 1. The molecule has 7 heteroatoms. The zero-order valence-electron chi connectivity index (χ0n) is 10.6. The molecule has 1 atom stereocenters. The molecule has 106 valence electrons. The van der Waals surface area contributed by atoms with Crippen LogP contribution in [0.25, 0.3) is 0 Å². The van der Waals surface area contributed by atoms with E-state index in [1.54, 1.807) is 0 Å². The first kappa shape index (κ1) is 12.8. The summed E-state index contributed by atoms with van der Waals surface area (Å²) in [7, 11) is 0. The van der Waals surface area contributed by atoms with Crippen LogP contribution in [0.1, 0.15) is 19.3 Å². The molecule has 0 radical (unpaired) electrons. The van der Waals surface area contributed by atoms with Gasteiger partial charge in [-0.2, -0.15) is 0 Å². The molecule has 1 unspecified atom stereocenters. The fourth-order valence-corrected chi connectivity index (χ4v) is 3.24. The Hall–Kier alpha value is -1.18. The smallest absolute Gasteiger partial charge is 0.332 e. The molecule has 0 aromatic rings. The second-order valence-corrected chi connectivity index (χ2v) is 5.16. The van der Waals surface area contributed by atoms with Gasteiger partial charge in [0.15, 0.2) is 5.79 Å². The van der Waals surface area contributed by atoms with Gasteiger partial charge in [0.1, 0.15) is 12.1 Å². The number of esters is 1. The molecule has 0 aromatic carbocycles. The molecular formula is C12H17NO6. The summed E-state index contributed by atoms with van der Waals surface area (Å²) in [4.78, 5) is 25.7. The summed E-state index contributed by atoms with van der Waals surface area (Å²) in [6, 6.07) is 0. The SMILES string of the molecule is O=C1CCC2(C(=O)OCCO)CC3(CN12)OCCO3. The second kappa shape index (κ2) is 4.43. The highest BCUT2D eigenvalue weighted by Gasteiger charge is 2.65. The van der Waals surface area contributed by atoms with Crippen molar-refractivity contribution < 1.29 is 28.9 Å². The Morgan fingerprint density at radius 1 is 1.42 bits per heavy atom. The van der Waals surface area contributed by atoms with Crippen LogP contribution in [0, 0.1) is 0 Å². The van der Waals surface area contributed by atoms with Crippen molar-refractivity contribution in [2.75, 3.05) is 33.0 Å². The molecule has 0 aromatic heterocycles. The summed E-state index contributed by atoms with van der Waals surface area (Å²) in [6.07, 6.45) is 1.07. The molecule has 3 saturated heterocycles. The van der Waals surface area contributed by atoms with E-state index in [0.29, 0.717) is 32.5 Å². The first-order valence-electron chi connectivity index (χ1n) is 6.48. The van der Waals surface area contributed by atoms with E-state index in [2.05, 4.69) is 0 Å². The molecule has 1 N–H and O–H groups in total. The zero-order valence-corrected chi connectivity index (χ0v) is 10.6. The fourth-order valence-electron chi connectivity index (χ4n) is 3.24. The third-order valence-corrected chi connectivity index (χ3v) is 4.05. The zero-order chi connectivity index (χ0) is 13.5. The van der Waals surface area contributed by atoms with Crippen LogP contribution in [0.4, 0.5) is 0 Å². The lowest BCUT2D eigenvalue weighted by atomic mass is 9.92. The molecule has 0 aliphatic carbocycles. The van der Waals surface area contributed by atoms with E-state index in [0.717, 1.165) is 0 Å². The molecule has 1 spiro atoms. The number of hydrogen-bond donors (Lipinski definition) is 1. The third kappa shape index (κ3) is 1.84. The van der Waals surface area contributed by atoms with Gasteiger partial charge < -0.3 is 24.2 Å². The van der Waals surface area contributed by atoms with E-state index in [9.17, 15) is 9.59 Å². The van der Waals surface area contributed by atoms with Crippen molar-refractivity contribution >= 4 is 11.9 Å². The first-order chi connectivity index (χ1) is 9.12. The van der Waals surface area contributed by atoms with E-state index < -0.39 is 17.3 Å². The molecule has 3 aliphatic rings. The Balaban J connectivity index is 1.84. The lowest BCUT2D eigenvalue weighted by Gasteiger charge is -2.28. The maximum absolute atomic E-state index is 12.3. The van der Waals surface area contributed by atoms with Crippen LogP contribution in [0.5, 0.6) is 0 Å². The van der Waals surface area contributed by atoms with Gasteiger partial charge in [-0.15, -0.1) is 0 Å². The highest BCUT2D eigenvalue weighted by molar-refractivity contribution is 5.92. The van der Waals surface area contributed by atoms with Gasteiger partial charge >= 0.3 is 5.97 Å². The van der Waals surface area contributed by atoms with Crippen molar-refractivity contribution in [1.29, 1.82) is 0 Å². The third-order valence-electron chi connectivity index (χ3n) is 4.05. The quantitative estimate of drug-likeness (QED) is 0.665. The highest BCUT2D eigenvalue weighted by Crippen LogP contribution is 2.47. The van der Waals surface area contributed by atoms with Gasteiger partial charge in [-0.1, -0.05) is 0 Å². The van der Waals surface area contributed by atoms with Crippen molar-refractivity contribution in [3.8, 4) is 0 Å². The summed E-state index contributed by atoms with van der Waals surface area (Å²) in [6.45, 7) is 0.943. The minimum Gasteiger partial charge on any atom is -0.461 e. The van der Waals surface area contributed by atoms with Gasteiger partial charge in [0.05, 0.1) is 26.4 Å². The van der Waals surface area contributed by atoms with Crippen LogP contribution in [0.15, 0.2) is 0 Å². The van der Waals surface area contributed by atoms with Crippen LogP contribution in [0.2, 0.25) is 0 Å². The number of ether oxygens (including phenoxy) is 3. The number of carbonyl (C=O) groups is 2. The number of aliphatic hydroxyl groups excluding tert-OH is 1. The van der Waals surface area contributed by atoms with E-state index in [-0.39, 0.29) is 25.7 Å². The highest BCUT2D eigenvalue weighted by atomic mass is 16.7. The average molecular weight is 271 g/mol. The minimum absolute atomic E-state index is 0.0582. The Labute approximate surface area is 110 Å². The van der Waals surface area contributed by atoms with Gasteiger partial charge in [0.25, 0.3) is 0 Å². The Morgan fingerprint density at radius 2 is 2.16 bits per heavy atom. The van der Waals surface area contributed by atoms with E-state index in [4.69, 9.17) is 19.3 Å². The van der Waals surface area contributed by atoms with Gasteiger partial charge in [-0.3, -0.25) is 4.79 Å². The van der Waals surface area contributed by atoms with Crippen molar-refractivity contribution in [3.05, 3.63) is 0 Å². The molecule has 3 aliphatic heterocycles. The van der Waals surface area contributed by atoms with Crippen molar-refractivity contribution in [1.82, 2.24) is 4.90 Å². The van der Waals surface area contributed by atoms with Crippen LogP contribution in [-0.2, 0) is 23.8 Å². The lowest BCUT2D eigenvalue weighted by Crippen LogP contribution is -2.48.